The lowest BCUT2D eigenvalue weighted by Crippen LogP contribution is -2.61. The Morgan fingerprint density at radius 3 is 2.82 bits per heavy atom. The summed E-state index contributed by atoms with van der Waals surface area (Å²) in [5, 5.41) is 3.90. The molecule has 1 unspecified atom stereocenters. The van der Waals surface area contributed by atoms with Gasteiger partial charge in [0.25, 0.3) is 5.91 Å². The van der Waals surface area contributed by atoms with Gasteiger partial charge in [-0.15, -0.1) is 11.3 Å². The molecule has 6 nitrogen and oxygen atoms in total. The van der Waals surface area contributed by atoms with Gasteiger partial charge >= 0.3 is 0 Å². The highest BCUT2D eigenvalue weighted by atomic mass is 32.1. The van der Waals surface area contributed by atoms with E-state index in [1.807, 2.05) is 0 Å². The van der Waals surface area contributed by atoms with E-state index in [-0.39, 0.29) is 29.9 Å². The first-order chi connectivity index (χ1) is 10.7. The average Bonchev–Trinajstić information content (AvgIpc) is 3.00. The Morgan fingerprint density at radius 2 is 2.14 bits per heavy atom. The topological polar surface area (TPSA) is 71.5 Å². The molecule has 3 fully saturated rings. The third-order valence-electron chi connectivity index (χ3n) is 4.40. The van der Waals surface area contributed by atoms with Crippen LogP contribution in [-0.4, -0.2) is 47.4 Å². The van der Waals surface area contributed by atoms with Crippen LogP contribution >= 0.6 is 11.3 Å². The quantitative estimate of drug-likeness (QED) is 0.908. The van der Waals surface area contributed by atoms with E-state index >= 15 is 0 Å². The number of nitrogens with zero attached hydrogens (tertiary/aromatic N) is 2. The molecule has 118 valence electrons. The maximum absolute atomic E-state index is 12.4. The normalized spacial score (nSPS) is 25.1. The van der Waals surface area contributed by atoms with Gasteiger partial charge in [-0.3, -0.25) is 9.59 Å². The number of carbonyl (C=O) groups excluding carboxylic acids is 2. The van der Waals surface area contributed by atoms with E-state index in [1.165, 1.54) is 11.3 Å². The van der Waals surface area contributed by atoms with Crippen molar-refractivity contribution in [3.8, 4) is 0 Å². The minimum Gasteiger partial charge on any atom is -0.371 e. The lowest BCUT2D eigenvalue weighted by Gasteiger charge is -2.39. The van der Waals surface area contributed by atoms with Gasteiger partial charge in [-0.05, 0) is 25.7 Å². The largest absolute Gasteiger partial charge is 0.371 e. The zero-order valence-electron chi connectivity index (χ0n) is 12.3. The summed E-state index contributed by atoms with van der Waals surface area (Å²) in [4.78, 5) is 30.8. The second-order valence-electron chi connectivity index (χ2n) is 6.25. The number of thiazole rings is 1. The summed E-state index contributed by atoms with van der Waals surface area (Å²) in [7, 11) is 0. The molecule has 1 aliphatic carbocycles. The van der Waals surface area contributed by atoms with Crippen molar-refractivity contribution in [3.63, 3.8) is 0 Å². The molecule has 1 saturated carbocycles. The van der Waals surface area contributed by atoms with Crippen molar-refractivity contribution in [1.29, 1.82) is 0 Å². The SMILES string of the molecule is O=C(NC1CN(C(=O)c2cnc(C3CCCO3)s2)C1)C1CC1. The number of amides is 2. The van der Waals surface area contributed by atoms with Crippen molar-refractivity contribution >= 4 is 23.2 Å². The van der Waals surface area contributed by atoms with Gasteiger partial charge in [0.15, 0.2) is 0 Å². The van der Waals surface area contributed by atoms with E-state index < -0.39 is 0 Å². The number of rotatable bonds is 4. The Balaban J connectivity index is 1.30. The number of nitrogens with one attached hydrogen (secondary N) is 1. The molecule has 0 aromatic carbocycles. The Bertz CT molecular complexity index is 587. The Labute approximate surface area is 132 Å². The molecule has 7 heteroatoms. The molecule has 0 spiro atoms. The summed E-state index contributed by atoms with van der Waals surface area (Å²) in [6.45, 7) is 1.98. The molecule has 3 heterocycles. The van der Waals surface area contributed by atoms with Gasteiger partial charge in [0.1, 0.15) is 16.0 Å². The highest BCUT2D eigenvalue weighted by Crippen LogP contribution is 2.32. The van der Waals surface area contributed by atoms with Crippen molar-refractivity contribution in [2.45, 2.75) is 37.8 Å². The van der Waals surface area contributed by atoms with Gasteiger partial charge in [-0.25, -0.2) is 4.98 Å². The summed E-state index contributed by atoms with van der Waals surface area (Å²) in [5.41, 5.74) is 0. The average molecular weight is 321 g/mol. The zero-order chi connectivity index (χ0) is 15.1. The standard InChI is InChI=1S/C15H19N3O3S/c19-13(9-3-4-9)17-10-7-18(8-10)15(20)12-6-16-14(22-12)11-2-1-5-21-11/h6,9-11H,1-5,7-8H2,(H,17,19). The van der Waals surface area contributed by atoms with Crippen LogP contribution in [-0.2, 0) is 9.53 Å². The number of ether oxygens (including phenoxy) is 1. The predicted molar refractivity (Wildman–Crippen MR) is 80.6 cm³/mol. The molecule has 0 bridgehead atoms. The van der Waals surface area contributed by atoms with Gasteiger partial charge in [0, 0.05) is 25.6 Å². The third-order valence-corrected chi connectivity index (χ3v) is 5.48. The summed E-state index contributed by atoms with van der Waals surface area (Å²) in [6.07, 6.45) is 5.78. The smallest absolute Gasteiger partial charge is 0.265 e. The molecule has 0 radical (unpaired) electrons. The minimum atomic E-state index is 0.0127. The van der Waals surface area contributed by atoms with Gasteiger partial charge in [0.05, 0.1) is 12.2 Å². The van der Waals surface area contributed by atoms with Gasteiger partial charge in [-0.2, -0.15) is 0 Å². The maximum Gasteiger partial charge on any atom is 0.265 e. The van der Waals surface area contributed by atoms with Crippen LogP contribution in [0.4, 0.5) is 0 Å². The number of likely N-dealkylation sites (tertiary alicyclic amines) is 1. The van der Waals surface area contributed by atoms with E-state index in [2.05, 4.69) is 10.3 Å². The van der Waals surface area contributed by atoms with Crippen LogP contribution in [0.2, 0.25) is 0 Å². The van der Waals surface area contributed by atoms with E-state index in [0.717, 1.165) is 37.3 Å². The fraction of sp³-hybridized carbons (Fsp3) is 0.667. The lowest BCUT2D eigenvalue weighted by molar-refractivity contribution is -0.123. The van der Waals surface area contributed by atoms with E-state index in [1.54, 1.807) is 11.1 Å². The summed E-state index contributed by atoms with van der Waals surface area (Å²) >= 11 is 1.43. The van der Waals surface area contributed by atoms with Crippen LogP contribution in [0, 0.1) is 5.92 Å². The fourth-order valence-electron chi connectivity index (χ4n) is 2.86. The molecule has 1 N–H and O–H groups in total. The molecule has 2 saturated heterocycles. The third kappa shape index (κ3) is 2.75. The maximum atomic E-state index is 12.4. The van der Waals surface area contributed by atoms with Gasteiger partial charge < -0.3 is 15.0 Å². The molecule has 2 aliphatic heterocycles. The lowest BCUT2D eigenvalue weighted by atomic mass is 10.1. The van der Waals surface area contributed by atoms with Gasteiger partial charge in [0.2, 0.25) is 5.91 Å². The summed E-state index contributed by atoms with van der Waals surface area (Å²) in [5.74, 6) is 0.384. The molecule has 1 aromatic rings. The highest BCUT2D eigenvalue weighted by molar-refractivity contribution is 7.13. The summed E-state index contributed by atoms with van der Waals surface area (Å²) < 4.78 is 5.60. The number of hydrogen-bond donors (Lipinski definition) is 1. The van der Waals surface area contributed by atoms with Crippen LogP contribution in [0.3, 0.4) is 0 Å². The van der Waals surface area contributed by atoms with E-state index in [9.17, 15) is 9.59 Å². The van der Waals surface area contributed by atoms with Crippen LogP contribution in [0.1, 0.15) is 46.5 Å². The van der Waals surface area contributed by atoms with Crippen molar-refractivity contribution in [2.24, 2.45) is 5.92 Å². The molecule has 4 rings (SSSR count). The molecule has 22 heavy (non-hydrogen) atoms. The van der Waals surface area contributed by atoms with Crippen LogP contribution < -0.4 is 5.32 Å². The first-order valence-corrected chi connectivity index (χ1v) is 8.69. The highest BCUT2D eigenvalue weighted by Gasteiger charge is 2.37. The Kier molecular flexibility index (Phi) is 3.62. The van der Waals surface area contributed by atoms with Crippen LogP contribution in [0.5, 0.6) is 0 Å². The number of carbonyl (C=O) groups is 2. The molecule has 1 aromatic heterocycles. The first kappa shape index (κ1) is 14.1. The van der Waals surface area contributed by atoms with Crippen molar-refractivity contribution in [2.75, 3.05) is 19.7 Å². The number of hydrogen-bond acceptors (Lipinski definition) is 5. The van der Waals surface area contributed by atoms with Gasteiger partial charge in [-0.1, -0.05) is 0 Å². The van der Waals surface area contributed by atoms with Crippen molar-refractivity contribution < 1.29 is 14.3 Å². The minimum absolute atomic E-state index is 0.0127. The van der Waals surface area contributed by atoms with E-state index in [4.69, 9.17) is 4.74 Å². The van der Waals surface area contributed by atoms with E-state index in [0.29, 0.717) is 18.0 Å². The molecule has 3 aliphatic rings. The van der Waals surface area contributed by atoms with Crippen molar-refractivity contribution in [1.82, 2.24) is 15.2 Å². The zero-order valence-corrected chi connectivity index (χ0v) is 13.1. The monoisotopic (exact) mass is 321 g/mol. The molecular weight excluding hydrogens is 302 g/mol. The molecule has 1 atom stereocenters. The Hall–Kier alpha value is -1.47. The second kappa shape index (κ2) is 5.62. The predicted octanol–water partition coefficient (Wildman–Crippen LogP) is 1.35. The first-order valence-electron chi connectivity index (χ1n) is 7.87. The fourth-order valence-corrected chi connectivity index (χ4v) is 3.83. The van der Waals surface area contributed by atoms with Crippen LogP contribution in [0.15, 0.2) is 6.20 Å². The van der Waals surface area contributed by atoms with Crippen molar-refractivity contribution in [3.05, 3.63) is 16.1 Å². The number of aromatic nitrogens is 1. The van der Waals surface area contributed by atoms with Crippen LogP contribution in [0.25, 0.3) is 0 Å². The second-order valence-corrected chi connectivity index (χ2v) is 7.32. The molecule has 2 amide bonds. The molecular formula is C15H19N3O3S. The Morgan fingerprint density at radius 1 is 1.32 bits per heavy atom. The summed E-state index contributed by atoms with van der Waals surface area (Å²) in [6, 6.07) is 0.114.